The molecule has 65 heavy (non-hydrogen) atoms. The molecule has 0 saturated heterocycles. The summed E-state index contributed by atoms with van der Waals surface area (Å²) in [5.74, 6) is 0. The van der Waals surface area contributed by atoms with E-state index in [0.29, 0.717) is 0 Å². The summed E-state index contributed by atoms with van der Waals surface area (Å²) in [5.41, 5.74) is 20.0. The van der Waals surface area contributed by atoms with E-state index >= 15 is 0 Å². The first kappa shape index (κ1) is 36.2. The van der Waals surface area contributed by atoms with Crippen molar-refractivity contribution in [1.29, 1.82) is 0 Å². The maximum atomic E-state index is 2.54. The Hall–Kier alpha value is -8.32. The summed E-state index contributed by atoms with van der Waals surface area (Å²) in [6.45, 7) is 0. The summed E-state index contributed by atoms with van der Waals surface area (Å²) in [7, 11) is 0. The standard InChI is InChI=1S/C65H40/c1-3-19-43(20-4-1)65(44-21-5-2-6-22-44)59-39-35-41-18-7-8-23-45(41)64(59)58-36-34-42(40-60(58)65)61-51-28-13-15-30-53(51)63(54-31-16-14-29-52(54)61)57-38-37-56-49-27-12-10-25-47(49)46-24-9-11-26-48(46)50-32-17-33-55(57)62(50)56/h1-40H. The average Bonchev–Trinajstić information content (AvgIpc) is 3.62. The zero-order valence-electron chi connectivity index (χ0n) is 35.6. The SMILES string of the molecule is c1ccc(C2(c3ccccc3)c3cc(-c4c5ccccc5c(-c5ccc6c7c(cccc57)-c5ccccc5-c5ccccc5-6)c5ccccc45)ccc3-c3c2ccc2ccccc32)cc1. The number of rotatable bonds is 4. The van der Waals surface area contributed by atoms with Crippen LogP contribution in [-0.4, -0.2) is 0 Å². The summed E-state index contributed by atoms with van der Waals surface area (Å²) < 4.78 is 0. The Labute approximate surface area is 378 Å². The van der Waals surface area contributed by atoms with Gasteiger partial charge in [-0.05, 0) is 138 Å². The van der Waals surface area contributed by atoms with Crippen molar-refractivity contribution >= 4 is 43.1 Å². The maximum absolute atomic E-state index is 2.54. The highest BCUT2D eigenvalue weighted by molar-refractivity contribution is 6.26. The van der Waals surface area contributed by atoms with Crippen LogP contribution in [0, 0.1) is 0 Å². The van der Waals surface area contributed by atoms with Crippen molar-refractivity contribution < 1.29 is 0 Å². The molecule has 14 rings (SSSR count). The molecular weight excluding hydrogens is 781 g/mol. The number of hydrogen-bond acceptors (Lipinski definition) is 0. The van der Waals surface area contributed by atoms with Gasteiger partial charge < -0.3 is 0 Å². The van der Waals surface area contributed by atoms with Crippen molar-refractivity contribution in [3.05, 3.63) is 265 Å². The van der Waals surface area contributed by atoms with Gasteiger partial charge in [-0.3, -0.25) is 0 Å². The highest BCUT2D eigenvalue weighted by Gasteiger charge is 2.47. The van der Waals surface area contributed by atoms with Gasteiger partial charge in [-0.25, -0.2) is 0 Å². The van der Waals surface area contributed by atoms with E-state index in [1.165, 1.54) is 132 Å². The lowest BCUT2D eigenvalue weighted by molar-refractivity contribution is 0.769. The molecule has 0 heteroatoms. The monoisotopic (exact) mass is 820 g/mol. The first-order chi connectivity index (χ1) is 32.3. The van der Waals surface area contributed by atoms with Crippen LogP contribution in [-0.2, 0) is 5.41 Å². The Morgan fingerprint density at radius 1 is 0.231 bits per heavy atom. The molecule has 0 radical (unpaired) electrons. The van der Waals surface area contributed by atoms with Crippen LogP contribution in [0.5, 0.6) is 0 Å². The zero-order chi connectivity index (χ0) is 42.6. The fourth-order valence-corrected chi connectivity index (χ4v) is 12.1. The van der Waals surface area contributed by atoms with Crippen molar-refractivity contribution in [2.24, 2.45) is 0 Å². The topological polar surface area (TPSA) is 0 Å². The highest BCUT2D eigenvalue weighted by Crippen LogP contribution is 2.59. The van der Waals surface area contributed by atoms with Gasteiger partial charge in [0.1, 0.15) is 0 Å². The molecule has 0 saturated carbocycles. The van der Waals surface area contributed by atoms with E-state index in [1.807, 2.05) is 0 Å². The van der Waals surface area contributed by atoms with E-state index in [4.69, 9.17) is 0 Å². The van der Waals surface area contributed by atoms with Crippen LogP contribution in [0.15, 0.2) is 243 Å². The predicted octanol–water partition coefficient (Wildman–Crippen LogP) is 17.3. The second-order valence-corrected chi connectivity index (χ2v) is 17.8. The van der Waals surface area contributed by atoms with Gasteiger partial charge in [-0.2, -0.15) is 0 Å². The molecule has 0 aromatic heterocycles. The van der Waals surface area contributed by atoms with E-state index in [9.17, 15) is 0 Å². The molecule has 0 unspecified atom stereocenters. The van der Waals surface area contributed by atoms with E-state index in [0.717, 1.165) is 0 Å². The van der Waals surface area contributed by atoms with Gasteiger partial charge in [0.2, 0.25) is 0 Å². The molecule has 0 spiro atoms. The fourth-order valence-electron chi connectivity index (χ4n) is 12.1. The molecule has 0 heterocycles. The smallest absolute Gasteiger partial charge is 0.0622 e. The summed E-state index contributed by atoms with van der Waals surface area (Å²) in [4.78, 5) is 0. The van der Waals surface area contributed by atoms with E-state index < -0.39 is 5.41 Å². The second kappa shape index (κ2) is 13.8. The molecule has 2 aliphatic rings. The Bertz CT molecular complexity index is 3780. The molecule has 2 aliphatic carbocycles. The first-order valence-electron chi connectivity index (χ1n) is 22.8. The second-order valence-electron chi connectivity index (χ2n) is 17.8. The van der Waals surface area contributed by atoms with Crippen molar-refractivity contribution in [2.45, 2.75) is 5.41 Å². The van der Waals surface area contributed by atoms with Gasteiger partial charge in [-0.1, -0.05) is 237 Å². The first-order valence-corrected chi connectivity index (χ1v) is 22.8. The molecule has 12 aromatic carbocycles. The number of benzene rings is 12. The molecule has 12 aromatic rings. The third-order valence-electron chi connectivity index (χ3n) is 14.7. The van der Waals surface area contributed by atoms with Gasteiger partial charge in [0, 0.05) is 0 Å². The zero-order valence-corrected chi connectivity index (χ0v) is 35.6. The highest BCUT2D eigenvalue weighted by atomic mass is 14.5. The molecule has 300 valence electrons. The molecule has 0 atom stereocenters. The Balaban J connectivity index is 1.07. The largest absolute Gasteiger partial charge is 0.0714 e. The summed E-state index contributed by atoms with van der Waals surface area (Å²) in [6, 6.07) is 91.1. The lowest BCUT2D eigenvalue weighted by Gasteiger charge is -2.34. The van der Waals surface area contributed by atoms with Crippen LogP contribution in [0.3, 0.4) is 0 Å². The number of fused-ring (bicyclic) bond motifs is 12. The Morgan fingerprint density at radius 3 is 1.29 bits per heavy atom. The molecule has 0 fully saturated rings. The molecule has 0 bridgehead atoms. The van der Waals surface area contributed by atoms with E-state index in [2.05, 4.69) is 243 Å². The van der Waals surface area contributed by atoms with Crippen LogP contribution >= 0.6 is 0 Å². The Morgan fingerprint density at radius 2 is 0.677 bits per heavy atom. The molecule has 0 aliphatic heterocycles. The van der Waals surface area contributed by atoms with Gasteiger partial charge >= 0.3 is 0 Å². The van der Waals surface area contributed by atoms with Crippen LogP contribution in [0.4, 0.5) is 0 Å². The minimum absolute atomic E-state index is 0.530. The average molecular weight is 821 g/mol. The van der Waals surface area contributed by atoms with Gasteiger partial charge in [0.15, 0.2) is 0 Å². The lowest BCUT2D eigenvalue weighted by atomic mass is 9.67. The minimum Gasteiger partial charge on any atom is -0.0622 e. The van der Waals surface area contributed by atoms with Gasteiger partial charge in [-0.15, -0.1) is 0 Å². The van der Waals surface area contributed by atoms with Gasteiger partial charge in [0.25, 0.3) is 0 Å². The maximum Gasteiger partial charge on any atom is 0.0714 e. The van der Waals surface area contributed by atoms with Crippen LogP contribution in [0.2, 0.25) is 0 Å². The van der Waals surface area contributed by atoms with Crippen LogP contribution in [0.1, 0.15) is 22.3 Å². The third kappa shape index (κ3) is 4.97. The summed E-state index contributed by atoms with van der Waals surface area (Å²) in [5, 5.41) is 10.1. The van der Waals surface area contributed by atoms with Crippen LogP contribution < -0.4 is 0 Å². The third-order valence-corrected chi connectivity index (χ3v) is 14.7. The molecule has 0 nitrogen and oxygen atoms in total. The molecular formula is C65H40. The molecule has 0 amide bonds. The van der Waals surface area contributed by atoms with Crippen molar-refractivity contribution in [1.82, 2.24) is 0 Å². The number of hydrogen-bond donors (Lipinski definition) is 0. The normalized spacial score (nSPS) is 13.0. The lowest BCUT2D eigenvalue weighted by Crippen LogP contribution is -2.28. The van der Waals surface area contributed by atoms with E-state index in [-0.39, 0.29) is 0 Å². The minimum atomic E-state index is -0.530. The summed E-state index contributed by atoms with van der Waals surface area (Å²) >= 11 is 0. The van der Waals surface area contributed by atoms with Crippen molar-refractivity contribution in [3.63, 3.8) is 0 Å². The fraction of sp³-hybridized carbons (Fsp3) is 0.0154. The van der Waals surface area contributed by atoms with Crippen LogP contribution in [0.25, 0.3) is 110 Å². The summed E-state index contributed by atoms with van der Waals surface area (Å²) in [6.07, 6.45) is 0. The van der Waals surface area contributed by atoms with Crippen molar-refractivity contribution in [3.8, 4) is 66.8 Å². The Kier molecular flexibility index (Phi) is 7.71. The van der Waals surface area contributed by atoms with Gasteiger partial charge in [0.05, 0.1) is 5.41 Å². The quantitative estimate of drug-likeness (QED) is 0.155. The predicted molar refractivity (Wildman–Crippen MR) is 275 cm³/mol. The molecule has 0 N–H and O–H groups in total. The van der Waals surface area contributed by atoms with E-state index in [1.54, 1.807) is 0 Å². The van der Waals surface area contributed by atoms with Crippen molar-refractivity contribution in [2.75, 3.05) is 0 Å².